The average Bonchev–Trinajstić information content (AvgIpc) is 3.15. The van der Waals surface area contributed by atoms with Gasteiger partial charge in [0.2, 0.25) is 5.91 Å². The Morgan fingerprint density at radius 2 is 1.73 bits per heavy atom. The van der Waals surface area contributed by atoms with Crippen LogP contribution in [0, 0.1) is 5.92 Å². The Balaban J connectivity index is 1.67. The molecule has 0 spiro atoms. The molecule has 7 heteroatoms. The fraction of sp³-hybridized carbons (Fsp3) is 0.522. The van der Waals surface area contributed by atoms with E-state index in [0.29, 0.717) is 5.69 Å². The fourth-order valence-corrected chi connectivity index (χ4v) is 3.83. The standard InChI is InChI=1S/C23H33N5O2/c1-15(2)20-14-19(26-28(20)23(3,4)5)22(30)25-17-6-8-18(9-7-17)27-12-10-16(11-13-27)21(24)29/h6-9,14-16H,10-13H2,1-5H3,(H2,24,29)(H,25,30). The Morgan fingerprint density at radius 1 is 1.13 bits per heavy atom. The molecule has 162 valence electrons. The Hall–Kier alpha value is -2.83. The molecule has 7 nitrogen and oxygen atoms in total. The molecule has 3 rings (SSSR count). The Bertz CT molecular complexity index is 901. The van der Waals surface area contributed by atoms with Gasteiger partial charge in [0.05, 0.1) is 5.54 Å². The van der Waals surface area contributed by atoms with Gasteiger partial charge in [-0.1, -0.05) is 13.8 Å². The molecule has 3 N–H and O–H groups in total. The zero-order valence-corrected chi connectivity index (χ0v) is 18.6. The molecule has 0 saturated carbocycles. The minimum absolute atomic E-state index is 0.0246. The topological polar surface area (TPSA) is 93.2 Å². The van der Waals surface area contributed by atoms with Crippen LogP contribution in [0.4, 0.5) is 11.4 Å². The van der Waals surface area contributed by atoms with Crippen molar-refractivity contribution < 1.29 is 9.59 Å². The smallest absolute Gasteiger partial charge is 0.276 e. The highest BCUT2D eigenvalue weighted by molar-refractivity contribution is 6.03. The number of carbonyl (C=O) groups excluding carboxylic acids is 2. The minimum atomic E-state index is -0.213. The number of nitrogens with one attached hydrogen (secondary N) is 1. The number of rotatable bonds is 5. The molecule has 1 aromatic heterocycles. The molecule has 0 unspecified atom stereocenters. The summed E-state index contributed by atoms with van der Waals surface area (Å²) >= 11 is 0. The van der Waals surface area contributed by atoms with E-state index in [0.717, 1.165) is 43.0 Å². The number of primary amides is 1. The number of piperidine rings is 1. The third-order valence-corrected chi connectivity index (χ3v) is 5.58. The van der Waals surface area contributed by atoms with Crippen molar-refractivity contribution in [2.24, 2.45) is 11.7 Å². The maximum Gasteiger partial charge on any atom is 0.276 e. The second-order valence-electron chi connectivity index (χ2n) is 9.36. The number of hydrogen-bond donors (Lipinski definition) is 2. The van der Waals surface area contributed by atoms with Crippen molar-refractivity contribution in [3.8, 4) is 0 Å². The number of nitrogens with two attached hydrogens (primary N) is 1. The Kier molecular flexibility index (Phi) is 6.19. The number of anilines is 2. The van der Waals surface area contributed by atoms with Crippen LogP contribution in [0.3, 0.4) is 0 Å². The number of nitrogens with zero attached hydrogens (tertiary/aromatic N) is 3. The van der Waals surface area contributed by atoms with Gasteiger partial charge in [0.15, 0.2) is 5.69 Å². The van der Waals surface area contributed by atoms with Crippen LogP contribution in [0.2, 0.25) is 0 Å². The molecule has 0 atom stereocenters. The summed E-state index contributed by atoms with van der Waals surface area (Å²) in [6, 6.07) is 9.67. The summed E-state index contributed by atoms with van der Waals surface area (Å²) in [5, 5.41) is 7.52. The van der Waals surface area contributed by atoms with E-state index in [9.17, 15) is 9.59 Å². The molecular formula is C23H33N5O2. The van der Waals surface area contributed by atoms with Crippen LogP contribution in [-0.2, 0) is 10.3 Å². The largest absolute Gasteiger partial charge is 0.371 e. The van der Waals surface area contributed by atoms with E-state index in [2.05, 4.69) is 49.9 Å². The van der Waals surface area contributed by atoms with Gasteiger partial charge in [-0.3, -0.25) is 14.3 Å². The highest BCUT2D eigenvalue weighted by Gasteiger charge is 2.25. The van der Waals surface area contributed by atoms with Crippen molar-refractivity contribution in [3.05, 3.63) is 41.7 Å². The summed E-state index contributed by atoms with van der Waals surface area (Å²) in [5.74, 6) is -0.170. The van der Waals surface area contributed by atoms with Gasteiger partial charge in [-0.25, -0.2) is 0 Å². The van der Waals surface area contributed by atoms with E-state index in [1.165, 1.54) is 0 Å². The summed E-state index contributed by atoms with van der Waals surface area (Å²) in [6.07, 6.45) is 1.56. The molecule has 0 radical (unpaired) electrons. The van der Waals surface area contributed by atoms with Crippen molar-refractivity contribution in [1.82, 2.24) is 9.78 Å². The SMILES string of the molecule is CC(C)c1cc(C(=O)Nc2ccc(N3CCC(C(N)=O)CC3)cc2)nn1C(C)(C)C. The van der Waals surface area contributed by atoms with Crippen LogP contribution >= 0.6 is 0 Å². The van der Waals surface area contributed by atoms with Gasteiger partial charge in [0.25, 0.3) is 5.91 Å². The first-order valence-electron chi connectivity index (χ1n) is 10.6. The quantitative estimate of drug-likeness (QED) is 0.784. The van der Waals surface area contributed by atoms with E-state index in [1.54, 1.807) is 0 Å². The number of hydrogen-bond acceptors (Lipinski definition) is 4. The highest BCUT2D eigenvalue weighted by Crippen LogP contribution is 2.26. The van der Waals surface area contributed by atoms with Crippen LogP contribution < -0.4 is 16.0 Å². The van der Waals surface area contributed by atoms with E-state index in [1.807, 2.05) is 35.0 Å². The molecule has 1 aliphatic rings. The maximum atomic E-state index is 12.8. The van der Waals surface area contributed by atoms with Crippen molar-refractivity contribution >= 4 is 23.2 Å². The molecule has 1 aliphatic heterocycles. The van der Waals surface area contributed by atoms with E-state index in [4.69, 9.17) is 5.73 Å². The van der Waals surface area contributed by atoms with Gasteiger partial charge in [-0.2, -0.15) is 5.10 Å². The lowest BCUT2D eigenvalue weighted by molar-refractivity contribution is -0.122. The molecule has 1 saturated heterocycles. The summed E-state index contributed by atoms with van der Waals surface area (Å²) in [7, 11) is 0. The van der Waals surface area contributed by atoms with Gasteiger partial charge in [0, 0.05) is 36.1 Å². The van der Waals surface area contributed by atoms with Crippen LogP contribution in [0.1, 0.15) is 69.6 Å². The average molecular weight is 412 g/mol. The van der Waals surface area contributed by atoms with Crippen molar-refractivity contribution in [3.63, 3.8) is 0 Å². The predicted octanol–water partition coefficient (Wildman–Crippen LogP) is 3.72. The summed E-state index contributed by atoms with van der Waals surface area (Å²) < 4.78 is 1.94. The van der Waals surface area contributed by atoms with E-state index >= 15 is 0 Å². The Morgan fingerprint density at radius 3 is 2.20 bits per heavy atom. The Labute approximate surface area is 178 Å². The first kappa shape index (κ1) is 21.9. The zero-order chi connectivity index (χ0) is 22.1. The number of benzene rings is 1. The van der Waals surface area contributed by atoms with Gasteiger partial charge in [-0.05, 0) is 69.9 Å². The van der Waals surface area contributed by atoms with Gasteiger partial charge < -0.3 is 16.0 Å². The van der Waals surface area contributed by atoms with Gasteiger partial charge >= 0.3 is 0 Å². The monoisotopic (exact) mass is 411 g/mol. The molecule has 2 amide bonds. The van der Waals surface area contributed by atoms with Gasteiger partial charge in [-0.15, -0.1) is 0 Å². The normalized spacial score (nSPS) is 15.5. The highest BCUT2D eigenvalue weighted by atomic mass is 16.2. The third kappa shape index (κ3) is 4.83. The fourth-order valence-electron chi connectivity index (χ4n) is 3.83. The number of carbonyl (C=O) groups is 2. The second-order valence-corrected chi connectivity index (χ2v) is 9.36. The molecule has 1 aromatic carbocycles. The summed E-state index contributed by atoms with van der Waals surface area (Å²) in [4.78, 5) is 26.3. The third-order valence-electron chi connectivity index (χ3n) is 5.58. The van der Waals surface area contributed by atoms with Crippen LogP contribution in [-0.4, -0.2) is 34.7 Å². The molecule has 1 fully saturated rings. The minimum Gasteiger partial charge on any atom is -0.371 e. The van der Waals surface area contributed by atoms with E-state index in [-0.39, 0.29) is 29.2 Å². The molecule has 0 aliphatic carbocycles. The van der Waals surface area contributed by atoms with Crippen LogP contribution in [0.15, 0.2) is 30.3 Å². The molecule has 2 heterocycles. The van der Waals surface area contributed by atoms with Gasteiger partial charge in [0.1, 0.15) is 0 Å². The lowest BCUT2D eigenvalue weighted by atomic mass is 9.96. The maximum absolute atomic E-state index is 12.8. The molecule has 2 aromatic rings. The second kappa shape index (κ2) is 8.50. The van der Waals surface area contributed by atoms with Crippen molar-refractivity contribution in [2.75, 3.05) is 23.3 Å². The molecule has 30 heavy (non-hydrogen) atoms. The summed E-state index contributed by atoms with van der Waals surface area (Å²) in [6.45, 7) is 12.1. The first-order chi connectivity index (χ1) is 14.1. The molecular weight excluding hydrogens is 378 g/mol. The zero-order valence-electron chi connectivity index (χ0n) is 18.6. The first-order valence-corrected chi connectivity index (χ1v) is 10.6. The number of amides is 2. The van der Waals surface area contributed by atoms with Crippen molar-refractivity contribution in [1.29, 1.82) is 0 Å². The van der Waals surface area contributed by atoms with Crippen LogP contribution in [0.5, 0.6) is 0 Å². The predicted molar refractivity (Wildman–Crippen MR) is 120 cm³/mol. The number of aromatic nitrogens is 2. The summed E-state index contributed by atoms with van der Waals surface area (Å²) in [5.41, 5.74) is 8.49. The lowest BCUT2D eigenvalue weighted by Crippen LogP contribution is -2.38. The van der Waals surface area contributed by atoms with Crippen LogP contribution in [0.25, 0.3) is 0 Å². The lowest BCUT2D eigenvalue weighted by Gasteiger charge is -2.32. The molecule has 0 bridgehead atoms. The van der Waals surface area contributed by atoms with Crippen molar-refractivity contribution in [2.45, 2.75) is 58.9 Å². The van der Waals surface area contributed by atoms with E-state index < -0.39 is 0 Å².